The fourth-order valence-corrected chi connectivity index (χ4v) is 3.76. The average molecular weight is 374 g/mol. The lowest BCUT2D eigenvalue weighted by atomic mass is 10.00. The van der Waals surface area contributed by atoms with Crippen molar-refractivity contribution in [3.8, 4) is 11.3 Å². The van der Waals surface area contributed by atoms with E-state index in [0.29, 0.717) is 0 Å². The monoisotopic (exact) mass is 374 g/mol. The number of H-pyrrole nitrogens is 1. The molecule has 0 saturated carbocycles. The minimum atomic E-state index is -0.109. The highest BCUT2D eigenvalue weighted by molar-refractivity contribution is 5.83. The van der Waals surface area contributed by atoms with Gasteiger partial charge >= 0.3 is 0 Å². The molecular weight excluding hydrogens is 348 g/mol. The molecule has 1 saturated heterocycles. The number of nitrogens with zero attached hydrogens (tertiary/aromatic N) is 3. The molecule has 1 atom stereocenters. The van der Waals surface area contributed by atoms with Gasteiger partial charge in [0.05, 0.1) is 11.6 Å². The predicted molar refractivity (Wildman–Crippen MR) is 112 cm³/mol. The molecule has 0 bridgehead atoms. The van der Waals surface area contributed by atoms with Crippen LogP contribution in [-0.4, -0.2) is 47.2 Å². The van der Waals surface area contributed by atoms with Gasteiger partial charge in [0, 0.05) is 32.2 Å². The van der Waals surface area contributed by atoms with E-state index in [1.807, 2.05) is 60.4 Å². The lowest BCUT2D eigenvalue weighted by Gasteiger charge is -2.25. The van der Waals surface area contributed by atoms with E-state index < -0.39 is 0 Å². The van der Waals surface area contributed by atoms with E-state index in [4.69, 9.17) is 0 Å². The molecule has 1 aromatic heterocycles. The highest BCUT2D eigenvalue weighted by Gasteiger charge is 2.25. The second kappa shape index (κ2) is 8.30. The van der Waals surface area contributed by atoms with Gasteiger partial charge in [-0.05, 0) is 24.5 Å². The highest BCUT2D eigenvalue weighted by atomic mass is 16.2. The number of carbonyl (C=O) groups is 1. The molecule has 1 unspecified atom stereocenters. The Morgan fingerprint density at radius 3 is 2.43 bits per heavy atom. The molecule has 0 aliphatic carbocycles. The summed E-state index contributed by atoms with van der Waals surface area (Å²) in [5.74, 6) is 1.05. The van der Waals surface area contributed by atoms with Crippen molar-refractivity contribution in [2.24, 2.45) is 0 Å². The van der Waals surface area contributed by atoms with Crippen molar-refractivity contribution in [2.45, 2.75) is 19.3 Å². The molecule has 5 nitrogen and oxygen atoms in total. The van der Waals surface area contributed by atoms with Crippen LogP contribution < -0.4 is 4.90 Å². The van der Waals surface area contributed by atoms with Gasteiger partial charge in [0.2, 0.25) is 5.91 Å². The lowest BCUT2D eigenvalue weighted by molar-refractivity contribution is -0.132. The maximum absolute atomic E-state index is 13.0. The molecule has 1 fully saturated rings. The minimum Gasteiger partial charge on any atom is -0.353 e. The highest BCUT2D eigenvalue weighted by Crippen LogP contribution is 2.23. The van der Waals surface area contributed by atoms with Crippen molar-refractivity contribution in [1.82, 2.24) is 15.1 Å². The lowest BCUT2D eigenvalue weighted by Crippen LogP contribution is -2.37. The fourth-order valence-electron chi connectivity index (χ4n) is 3.76. The van der Waals surface area contributed by atoms with Gasteiger partial charge in [0.1, 0.15) is 0 Å². The van der Waals surface area contributed by atoms with Crippen molar-refractivity contribution >= 4 is 11.7 Å². The van der Waals surface area contributed by atoms with Gasteiger partial charge in [-0.2, -0.15) is 5.10 Å². The first kappa shape index (κ1) is 18.3. The Bertz CT molecular complexity index is 907. The molecule has 4 rings (SSSR count). The van der Waals surface area contributed by atoms with Crippen molar-refractivity contribution in [1.29, 1.82) is 0 Å². The van der Waals surface area contributed by atoms with Gasteiger partial charge in [-0.3, -0.25) is 9.89 Å². The summed E-state index contributed by atoms with van der Waals surface area (Å²) >= 11 is 0. The third-order valence-electron chi connectivity index (χ3n) is 5.45. The number of carbonyl (C=O) groups excluding carboxylic acids is 1. The summed E-state index contributed by atoms with van der Waals surface area (Å²) in [4.78, 5) is 17.2. The van der Waals surface area contributed by atoms with Crippen molar-refractivity contribution in [3.63, 3.8) is 0 Å². The van der Waals surface area contributed by atoms with E-state index in [2.05, 4.69) is 33.3 Å². The quantitative estimate of drug-likeness (QED) is 0.753. The predicted octanol–water partition coefficient (Wildman–Crippen LogP) is 3.92. The van der Waals surface area contributed by atoms with E-state index in [0.717, 1.165) is 55.2 Å². The van der Waals surface area contributed by atoms with Crippen LogP contribution in [0.3, 0.4) is 0 Å². The van der Waals surface area contributed by atoms with E-state index in [9.17, 15) is 4.79 Å². The Kier molecular flexibility index (Phi) is 5.42. The smallest absolute Gasteiger partial charge is 0.229 e. The molecule has 3 aromatic rings. The largest absolute Gasteiger partial charge is 0.353 e. The maximum Gasteiger partial charge on any atom is 0.229 e. The Morgan fingerprint density at radius 1 is 0.964 bits per heavy atom. The number of aromatic amines is 1. The number of nitrogens with one attached hydrogen (secondary N) is 1. The van der Waals surface area contributed by atoms with Crippen molar-refractivity contribution in [2.75, 3.05) is 31.1 Å². The first-order valence-corrected chi connectivity index (χ1v) is 9.92. The first-order valence-electron chi connectivity index (χ1n) is 9.92. The van der Waals surface area contributed by atoms with Crippen LogP contribution in [0.4, 0.5) is 5.82 Å². The average Bonchev–Trinajstić information content (AvgIpc) is 3.12. The first-order chi connectivity index (χ1) is 13.7. The zero-order valence-corrected chi connectivity index (χ0v) is 16.2. The Labute approximate surface area is 166 Å². The summed E-state index contributed by atoms with van der Waals surface area (Å²) in [6.07, 6.45) is 0.945. The number of anilines is 1. The third-order valence-corrected chi connectivity index (χ3v) is 5.45. The second-order valence-electron chi connectivity index (χ2n) is 7.30. The molecule has 2 aromatic carbocycles. The molecule has 5 heteroatoms. The van der Waals surface area contributed by atoms with Gasteiger partial charge in [-0.15, -0.1) is 0 Å². The normalized spacial score (nSPS) is 15.9. The molecule has 0 spiro atoms. The standard InChI is InChI=1S/C23H26N4O/c1-18(19-9-4-2-5-10-19)23(28)27-14-8-13-26(15-16-27)22-17-21(24-25-22)20-11-6-3-7-12-20/h2-7,9-12,17-18H,8,13-16H2,1H3,(H,24,25). The minimum absolute atomic E-state index is 0.109. The number of aromatic nitrogens is 2. The van der Waals surface area contributed by atoms with Gasteiger partial charge in [0.25, 0.3) is 0 Å². The third kappa shape index (κ3) is 3.93. The number of benzene rings is 2. The summed E-state index contributed by atoms with van der Waals surface area (Å²) in [6, 6.07) is 22.3. The molecule has 144 valence electrons. The van der Waals surface area contributed by atoms with E-state index in [-0.39, 0.29) is 11.8 Å². The molecular formula is C23H26N4O. The SMILES string of the molecule is CC(C(=O)N1CCCN(c2cc(-c3ccccc3)[nH]n2)CC1)c1ccccc1. The number of rotatable bonds is 4. The Balaban J connectivity index is 1.41. The topological polar surface area (TPSA) is 52.2 Å². The molecule has 1 N–H and O–H groups in total. The van der Waals surface area contributed by atoms with Gasteiger partial charge in [0.15, 0.2) is 5.82 Å². The zero-order valence-electron chi connectivity index (χ0n) is 16.2. The molecule has 1 aliphatic rings. The maximum atomic E-state index is 13.0. The van der Waals surface area contributed by atoms with Gasteiger partial charge in [-0.1, -0.05) is 60.7 Å². The van der Waals surface area contributed by atoms with Crippen LogP contribution in [0.5, 0.6) is 0 Å². The Morgan fingerprint density at radius 2 is 1.68 bits per heavy atom. The number of hydrogen-bond acceptors (Lipinski definition) is 3. The summed E-state index contributed by atoms with van der Waals surface area (Å²) < 4.78 is 0. The molecule has 0 radical (unpaired) electrons. The molecule has 2 heterocycles. The Hall–Kier alpha value is -3.08. The second-order valence-corrected chi connectivity index (χ2v) is 7.30. The summed E-state index contributed by atoms with van der Waals surface area (Å²) in [7, 11) is 0. The zero-order chi connectivity index (χ0) is 19.3. The van der Waals surface area contributed by atoms with Gasteiger partial charge in [-0.25, -0.2) is 0 Å². The van der Waals surface area contributed by atoms with Crippen LogP contribution in [0.1, 0.15) is 24.8 Å². The van der Waals surface area contributed by atoms with Crippen LogP contribution >= 0.6 is 0 Å². The number of amides is 1. The van der Waals surface area contributed by atoms with E-state index in [1.54, 1.807) is 0 Å². The summed E-state index contributed by atoms with van der Waals surface area (Å²) in [5.41, 5.74) is 3.23. The van der Waals surface area contributed by atoms with Crippen LogP contribution in [0.25, 0.3) is 11.3 Å². The van der Waals surface area contributed by atoms with Crippen LogP contribution in [-0.2, 0) is 4.79 Å². The molecule has 28 heavy (non-hydrogen) atoms. The number of hydrogen-bond donors (Lipinski definition) is 1. The van der Waals surface area contributed by atoms with Crippen LogP contribution in [0.2, 0.25) is 0 Å². The van der Waals surface area contributed by atoms with E-state index in [1.165, 1.54) is 0 Å². The molecule has 1 aliphatic heterocycles. The van der Waals surface area contributed by atoms with Crippen molar-refractivity contribution < 1.29 is 4.79 Å². The van der Waals surface area contributed by atoms with Crippen LogP contribution in [0.15, 0.2) is 66.7 Å². The summed E-state index contributed by atoms with van der Waals surface area (Å²) in [6.45, 7) is 5.22. The van der Waals surface area contributed by atoms with Gasteiger partial charge < -0.3 is 9.80 Å². The van der Waals surface area contributed by atoms with Crippen molar-refractivity contribution in [3.05, 3.63) is 72.3 Å². The molecule has 1 amide bonds. The van der Waals surface area contributed by atoms with Crippen LogP contribution in [0, 0.1) is 0 Å². The fraction of sp³-hybridized carbons (Fsp3) is 0.304. The summed E-state index contributed by atoms with van der Waals surface area (Å²) in [5, 5.41) is 7.65. The van der Waals surface area contributed by atoms with E-state index >= 15 is 0 Å².